The van der Waals surface area contributed by atoms with E-state index in [0.717, 1.165) is 19.4 Å². The summed E-state index contributed by atoms with van der Waals surface area (Å²) in [4.78, 5) is 34.8. The van der Waals surface area contributed by atoms with Crippen molar-refractivity contribution in [3.63, 3.8) is 0 Å². The van der Waals surface area contributed by atoms with Crippen LogP contribution in [-0.2, 0) is 4.79 Å². The smallest absolute Gasteiger partial charge is 0.257 e. The molecule has 0 aromatic carbocycles. The molecule has 2 amide bonds. The molecule has 0 aliphatic carbocycles. The molecular formula is C15H23N5O2. The molecule has 1 aliphatic rings. The number of aromatic nitrogens is 2. The molecule has 7 heteroatoms. The lowest BCUT2D eigenvalue weighted by atomic mass is 10.2. The predicted molar refractivity (Wildman–Crippen MR) is 83.6 cm³/mol. The molecule has 7 nitrogen and oxygen atoms in total. The molecule has 1 saturated heterocycles. The van der Waals surface area contributed by atoms with Crippen LogP contribution in [0.4, 0.5) is 5.95 Å². The first-order valence-corrected chi connectivity index (χ1v) is 7.79. The Bertz CT molecular complexity index is 483. The van der Waals surface area contributed by atoms with Crippen LogP contribution in [0.2, 0.25) is 0 Å². The van der Waals surface area contributed by atoms with Gasteiger partial charge in [-0.3, -0.25) is 9.59 Å². The number of carbonyl (C=O) groups is 2. The first-order chi connectivity index (χ1) is 10.7. The summed E-state index contributed by atoms with van der Waals surface area (Å²) >= 11 is 0. The Morgan fingerprint density at radius 2 is 1.91 bits per heavy atom. The molecule has 1 aromatic rings. The van der Waals surface area contributed by atoms with Crippen molar-refractivity contribution < 1.29 is 9.59 Å². The lowest BCUT2D eigenvalue weighted by Gasteiger charge is -2.32. The highest BCUT2D eigenvalue weighted by molar-refractivity contribution is 5.93. The molecule has 0 saturated carbocycles. The van der Waals surface area contributed by atoms with Crippen LogP contribution in [0.15, 0.2) is 12.4 Å². The topological polar surface area (TPSA) is 78.4 Å². The summed E-state index contributed by atoms with van der Waals surface area (Å²) in [5.41, 5.74) is 0.485. The summed E-state index contributed by atoms with van der Waals surface area (Å²) in [6.45, 7) is 5.25. The third-order valence-corrected chi connectivity index (χ3v) is 3.71. The fourth-order valence-corrected chi connectivity index (χ4v) is 2.32. The third kappa shape index (κ3) is 4.41. The second kappa shape index (κ2) is 8.31. The van der Waals surface area contributed by atoms with Gasteiger partial charge in [0.05, 0.1) is 5.56 Å². The van der Waals surface area contributed by atoms with Crippen LogP contribution in [0.1, 0.15) is 36.5 Å². The Balaban J connectivity index is 1.84. The molecule has 2 heterocycles. The van der Waals surface area contributed by atoms with Crippen LogP contribution in [0.5, 0.6) is 0 Å². The van der Waals surface area contributed by atoms with Gasteiger partial charge in [-0.15, -0.1) is 0 Å². The van der Waals surface area contributed by atoms with Crippen LogP contribution >= 0.6 is 0 Å². The minimum atomic E-state index is -0.0805. The zero-order valence-electron chi connectivity index (χ0n) is 13.0. The monoisotopic (exact) mass is 305 g/mol. The SMILES string of the molecule is CCCCCNc1ncc(C(=O)N2CCN(C=O)CC2)cn1. The van der Waals surface area contributed by atoms with Gasteiger partial charge in [-0.25, -0.2) is 9.97 Å². The van der Waals surface area contributed by atoms with Gasteiger partial charge in [0.25, 0.3) is 5.91 Å². The highest BCUT2D eigenvalue weighted by Gasteiger charge is 2.21. The number of carbonyl (C=O) groups excluding carboxylic acids is 2. The van der Waals surface area contributed by atoms with Gasteiger partial charge in [0.15, 0.2) is 0 Å². The second-order valence-corrected chi connectivity index (χ2v) is 5.36. The van der Waals surface area contributed by atoms with Gasteiger partial charge in [0.1, 0.15) is 0 Å². The first kappa shape index (κ1) is 16.2. The minimum absolute atomic E-state index is 0.0805. The molecule has 0 spiro atoms. The molecule has 120 valence electrons. The minimum Gasteiger partial charge on any atom is -0.354 e. The van der Waals surface area contributed by atoms with Gasteiger partial charge in [0, 0.05) is 45.1 Å². The average molecular weight is 305 g/mol. The van der Waals surface area contributed by atoms with E-state index in [4.69, 9.17) is 0 Å². The van der Waals surface area contributed by atoms with Crippen LogP contribution in [0.25, 0.3) is 0 Å². The van der Waals surface area contributed by atoms with E-state index in [9.17, 15) is 9.59 Å². The summed E-state index contributed by atoms with van der Waals surface area (Å²) in [5, 5.41) is 3.15. The highest BCUT2D eigenvalue weighted by atomic mass is 16.2. The Kier molecular flexibility index (Phi) is 6.12. The molecule has 1 aliphatic heterocycles. The fraction of sp³-hybridized carbons (Fsp3) is 0.600. The first-order valence-electron chi connectivity index (χ1n) is 7.79. The number of hydrogen-bond donors (Lipinski definition) is 1. The lowest BCUT2D eigenvalue weighted by molar-refractivity contribution is -0.119. The standard InChI is InChI=1S/C15H23N5O2/c1-2-3-4-5-16-15-17-10-13(11-18-15)14(22)20-8-6-19(12-21)7-9-20/h10-12H,2-9H2,1H3,(H,16,17,18). The van der Waals surface area contributed by atoms with Crippen molar-refractivity contribution in [1.29, 1.82) is 0 Å². The van der Waals surface area contributed by atoms with E-state index < -0.39 is 0 Å². The molecule has 2 rings (SSSR count). The van der Waals surface area contributed by atoms with Crippen molar-refractivity contribution in [2.75, 3.05) is 38.0 Å². The van der Waals surface area contributed by atoms with E-state index in [1.165, 1.54) is 12.8 Å². The Labute approximate surface area is 130 Å². The van der Waals surface area contributed by atoms with Gasteiger partial charge < -0.3 is 15.1 Å². The van der Waals surface area contributed by atoms with Crippen LogP contribution in [0.3, 0.4) is 0 Å². The van der Waals surface area contributed by atoms with Gasteiger partial charge in [-0.1, -0.05) is 19.8 Å². The number of nitrogens with one attached hydrogen (secondary N) is 1. The van der Waals surface area contributed by atoms with E-state index in [1.807, 2.05) is 0 Å². The number of anilines is 1. The maximum atomic E-state index is 12.3. The fourth-order valence-electron chi connectivity index (χ4n) is 2.32. The van der Waals surface area contributed by atoms with Crippen molar-refractivity contribution >= 4 is 18.3 Å². The predicted octanol–water partition coefficient (Wildman–Crippen LogP) is 0.993. The van der Waals surface area contributed by atoms with Gasteiger partial charge >= 0.3 is 0 Å². The lowest BCUT2D eigenvalue weighted by Crippen LogP contribution is -2.48. The quantitative estimate of drug-likeness (QED) is 0.600. The van der Waals surface area contributed by atoms with Gasteiger partial charge in [-0.05, 0) is 6.42 Å². The molecule has 22 heavy (non-hydrogen) atoms. The largest absolute Gasteiger partial charge is 0.354 e. The number of nitrogens with zero attached hydrogens (tertiary/aromatic N) is 4. The molecule has 0 bridgehead atoms. The summed E-state index contributed by atoms with van der Waals surface area (Å²) in [5.74, 6) is 0.474. The van der Waals surface area contributed by atoms with Gasteiger partial charge in [0.2, 0.25) is 12.4 Å². The number of amides is 2. The van der Waals surface area contributed by atoms with Gasteiger partial charge in [-0.2, -0.15) is 0 Å². The average Bonchev–Trinajstić information content (AvgIpc) is 2.59. The summed E-state index contributed by atoms with van der Waals surface area (Å²) in [6.07, 6.45) is 7.38. The van der Waals surface area contributed by atoms with E-state index >= 15 is 0 Å². The molecular weight excluding hydrogens is 282 g/mol. The second-order valence-electron chi connectivity index (χ2n) is 5.36. The maximum Gasteiger partial charge on any atom is 0.257 e. The summed E-state index contributed by atoms with van der Waals surface area (Å²) in [7, 11) is 0. The zero-order chi connectivity index (χ0) is 15.8. The third-order valence-electron chi connectivity index (χ3n) is 3.71. The molecule has 1 aromatic heterocycles. The van der Waals surface area contributed by atoms with Crippen molar-refractivity contribution in [3.05, 3.63) is 18.0 Å². The van der Waals surface area contributed by atoms with Crippen molar-refractivity contribution in [2.24, 2.45) is 0 Å². The van der Waals surface area contributed by atoms with Crippen molar-refractivity contribution in [2.45, 2.75) is 26.2 Å². The number of rotatable bonds is 7. The Morgan fingerprint density at radius 1 is 1.23 bits per heavy atom. The number of piperazine rings is 1. The van der Waals surface area contributed by atoms with E-state index in [-0.39, 0.29) is 5.91 Å². The Morgan fingerprint density at radius 3 is 2.50 bits per heavy atom. The van der Waals surface area contributed by atoms with Crippen molar-refractivity contribution in [1.82, 2.24) is 19.8 Å². The maximum absolute atomic E-state index is 12.3. The number of unbranched alkanes of at least 4 members (excludes halogenated alkanes) is 2. The van der Waals surface area contributed by atoms with E-state index in [0.29, 0.717) is 37.7 Å². The van der Waals surface area contributed by atoms with Crippen molar-refractivity contribution in [3.8, 4) is 0 Å². The van der Waals surface area contributed by atoms with Crippen LogP contribution in [-0.4, -0.2) is 64.8 Å². The summed E-state index contributed by atoms with van der Waals surface area (Å²) < 4.78 is 0. The normalized spacial score (nSPS) is 14.8. The van der Waals surface area contributed by atoms with Crippen LogP contribution < -0.4 is 5.32 Å². The van der Waals surface area contributed by atoms with E-state index in [1.54, 1.807) is 22.2 Å². The van der Waals surface area contributed by atoms with Crippen LogP contribution in [0, 0.1) is 0 Å². The molecule has 1 N–H and O–H groups in total. The summed E-state index contributed by atoms with van der Waals surface area (Å²) in [6, 6.07) is 0. The molecule has 0 unspecified atom stereocenters. The molecule has 1 fully saturated rings. The van der Waals surface area contributed by atoms with E-state index in [2.05, 4.69) is 22.2 Å². The number of hydrogen-bond acceptors (Lipinski definition) is 5. The zero-order valence-corrected chi connectivity index (χ0v) is 13.0. The highest BCUT2D eigenvalue weighted by Crippen LogP contribution is 2.08. The molecule has 0 atom stereocenters. The Hall–Kier alpha value is -2.18. The molecule has 0 radical (unpaired) electrons.